The number of benzene rings is 1. The summed E-state index contributed by atoms with van der Waals surface area (Å²) in [6.07, 6.45) is 0. The van der Waals surface area contributed by atoms with Crippen LogP contribution in [0.2, 0.25) is 0 Å². The second-order valence-electron chi connectivity index (χ2n) is 5.82. The van der Waals surface area contributed by atoms with E-state index in [0.717, 1.165) is 4.57 Å². The van der Waals surface area contributed by atoms with Gasteiger partial charge in [-0.05, 0) is 32.9 Å². The molecule has 2 rings (SSSR count). The molecule has 1 aromatic heterocycles. The molecule has 112 valence electrons. The van der Waals surface area contributed by atoms with E-state index < -0.39 is 17.2 Å². The number of aromatic nitrogens is 2. The monoisotopic (exact) mass is 291 g/mol. The Balaban J connectivity index is 2.49. The van der Waals surface area contributed by atoms with Crippen LogP contribution in [-0.4, -0.2) is 32.1 Å². The van der Waals surface area contributed by atoms with E-state index >= 15 is 0 Å². The lowest BCUT2D eigenvalue weighted by Gasteiger charge is -2.20. The number of rotatable bonds is 3. The highest BCUT2D eigenvalue weighted by Crippen LogP contribution is 2.16. The number of aromatic carboxylic acids is 1. The van der Waals surface area contributed by atoms with Crippen molar-refractivity contribution in [2.45, 2.75) is 32.9 Å². The SMILES string of the molecule is CC(C)(C)NC(=O)Cn1c(=O)[nH]c2cccc(C(=O)O)c21. The normalized spacial score (nSPS) is 11.6. The maximum Gasteiger partial charge on any atom is 0.337 e. The first kappa shape index (κ1) is 14.8. The number of nitrogens with one attached hydrogen (secondary N) is 2. The first-order valence-corrected chi connectivity index (χ1v) is 6.45. The van der Waals surface area contributed by atoms with Crippen LogP contribution in [0.4, 0.5) is 0 Å². The summed E-state index contributed by atoms with van der Waals surface area (Å²) in [5, 5.41) is 11.9. The first-order valence-electron chi connectivity index (χ1n) is 6.45. The molecule has 3 N–H and O–H groups in total. The first-order chi connectivity index (χ1) is 9.69. The molecule has 1 heterocycles. The molecule has 0 fully saturated rings. The summed E-state index contributed by atoms with van der Waals surface area (Å²) in [4.78, 5) is 37.7. The minimum Gasteiger partial charge on any atom is -0.478 e. The maximum atomic E-state index is 12.0. The number of fused-ring (bicyclic) bond motifs is 1. The molecule has 0 bridgehead atoms. The fourth-order valence-corrected chi connectivity index (χ4v) is 2.14. The minimum atomic E-state index is -1.15. The van der Waals surface area contributed by atoms with Crippen molar-refractivity contribution < 1.29 is 14.7 Å². The fraction of sp³-hybridized carbons (Fsp3) is 0.357. The molecule has 0 saturated carbocycles. The smallest absolute Gasteiger partial charge is 0.337 e. The van der Waals surface area contributed by atoms with Crippen LogP contribution < -0.4 is 11.0 Å². The highest BCUT2D eigenvalue weighted by atomic mass is 16.4. The molecule has 7 heteroatoms. The molecule has 0 aliphatic carbocycles. The predicted octanol–water partition coefficient (Wildman–Crippen LogP) is 0.942. The summed E-state index contributed by atoms with van der Waals surface area (Å²) < 4.78 is 1.14. The highest BCUT2D eigenvalue weighted by Gasteiger charge is 2.19. The van der Waals surface area contributed by atoms with Gasteiger partial charge in [0.25, 0.3) is 0 Å². The molecular formula is C14H17N3O4. The van der Waals surface area contributed by atoms with Gasteiger partial charge in [0.2, 0.25) is 5.91 Å². The van der Waals surface area contributed by atoms with Crippen molar-refractivity contribution in [3.63, 3.8) is 0 Å². The number of hydrogen-bond acceptors (Lipinski definition) is 3. The highest BCUT2D eigenvalue weighted by molar-refractivity contribution is 6.01. The molecule has 2 aromatic rings. The molecule has 0 unspecified atom stereocenters. The van der Waals surface area contributed by atoms with Gasteiger partial charge in [0, 0.05) is 5.54 Å². The lowest BCUT2D eigenvalue weighted by molar-refractivity contribution is -0.123. The number of imidazole rings is 1. The maximum absolute atomic E-state index is 12.0. The van der Waals surface area contributed by atoms with E-state index in [0.29, 0.717) is 5.52 Å². The molecule has 1 amide bonds. The number of carboxylic acids is 1. The third-order valence-corrected chi connectivity index (χ3v) is 2.84. The van der Waals surface area contributed by atoms with E-state index in [-0.39, 0.29) is 23.5 Å². The van der Waals surface area contributed by atoms with Crippen LogP contribution in [0.5, 0.6) is 0 Å². The summed E-state index contributed by atoms with van der Waals surface area (Å²) in [7, 11) is 0. The molecule has 1 aromatic carbocycles. The number of H-pyrrole nitrogens is 1. The Morgan fingerprint density at radius 3 is 2.57 bits per heavy atom. The second kappa shape index (κ2) is 5.08. The van der Waals surface area contributed by atoms with Crippen molar-refractivity contribution in [3.05, 3.63) is 34.2 Å². The molecule has 21 heavy (non-hydrogen) atoms. The number of carboxylic acid groups (broad SMARTS) is 1. The summed E-state index contributed by atoms with van der Waals surface area (Å²) in [6.45, 7) is 5.24. The van der Waals surface area contributed by atoms with E-state index in [1.165, 1.54) is 6.07 Å². The van der Waals surface area contributed by atoms with Gasteiger partial charge in [-0.2, -0.15) is 0 Å². The summed E-state index contributed by atoms with van der Waals surface area (Å²) in [6, 6.07) is 4.54. The number of nitrogens with zero attached hydrogens (tertiary/aromatic N) is 1. The van der Waals surface area contributed by atoms with Crippen LogP contribution in [0.25, 0.3) is 11.0 Å². The molecule has 0 atom stereocenters. The van der Waals surface area contributed by atoms with Gasteiger partial charge < -0.3 is 15.4 Å². The van der Waals surface area contributed by atoms with Crippen LogP contribution in [0.1, 0.15) is 31.1 Å². The largest absolute Gasteiger partial charge is 0.478 e. The Bertz CT molecular complexity index is 765. The average molecular weight is 291 g/mol. The third kappa shape index (κ3) is 3.13. The number of aromatic amines is 1. The zero-order chi connectivity index (χ0) is 15.8. The number of para-hydroxylation sites is 1. The van der Waals surface area contributed by atoms with Crippen molar-refractivity contribution in [3.8, 4) is 0 Å². The zero-order valence-electron chi connectivity index (χ0n) is 12.1. The number of hydrogen-bond donors (Lipinski definition) is 3. The van der Waals surface area contributed by atoms with Crippen LogP contribution in [0, 0.1) is 0 Å². The van der Waals surface area contributed by atoms with Crippen molar-refractivity contribution in [2.75, 3.05) is 0 Å². The molecule has 0 aliphatic rings. The molecule has 0 spiro atoms. The number of amides is 1. The average Bonchev–Trinajstić information content (AvgIpc) is 2.63. The van der Waals surface area contributed by atoms with Crippen LogP contribution in [0.3, 0.4) is 0 Å². The lowest BCUT2D eigenvalue weighted by Crippen LogP contribution is -2.43. The topological polar surface area (TPSA) is 104 Å². The van der Waals surface area contributed by atoms with Gasteiger partial charge >= 0.3 is 11.7 Å². The minimum absolute atomic E-state index is 0.0191. The van der Waals surface area contributed by atoms with Gasteiger partial charge in [0.05, 0.1) is 16.6 Å². The summed E-state index contributed by atoms with van der Waals surface area (Å²) in [5.41, 5.74) is -0.345. The lowest BCUT2D eigenvalue weighted by atomic mass is 10.1. The molecule has 0 aliphatic heterocycles. The van der Waals surface area contributed by atoms with Gasteiger partial charge in [-0.1, -0.05) is 6.07 Å². The quantitative estimate of drug-likeness (QED) is 0.782. The van der Waals surface area contributed by atoms with Crippen molar-refractivity contribution in [1.29, 1.82) is 0 Å². The van der Waals surface area contributed by atoms with E-state index in [2.05, 4.69) is 10.3 Å². The fourth-order valence-electron chi connectivity index (χ4n) is 2.14. The van der Waals surface area contributed by atoms with Gasteiger partial charge in [-0.15, -0.1) is 0 Å². The van der Waals surface area contributed by atoms with Gasteiger partial charge in [-0.3, -0.25) is 9.36 Å². The van der Waals surface area contributed by atoms with E-state index in [4.69, 9.17) is 0 Å². The van der Waals surface area contributed by atoms with Crippen molar-refractivity contribution >= 4 is 22.9 Å². The predicted molar refractivity (Wildman–Crippen MR) is 77.4 cm³/mol. The molecule has 0 saturated heterocycles. The molecule has 0 radical (unpaired) electrons. The van der Waals surface area contributed by atoms with Crippen LogP contribution in [-0.2, 0) is 11.3 Å². The van der Waals surface area contributed by atoms with Crippen molar-refractivity contribution in [1.82, 2.24) is 14.9 Å². The van der Waals surface area contributed by atoms with Gasteiger partial charge in [-0.25, -0.2) is 9.59 Å². The molecular weight excluding hydrogens is 274 g/mol. The Morgan fingerprint density at radius 1 is 1.33 bits per heavy atom. The third-order valence-electron chi connectivity index (χ3n) is 2.84. The standard InChI is InChI=1S/C14H17N3O4/c1-14(2,3)16-10(18)7-17-11-8(12(19)20)5-4-6-9(11)15-13(17)21/h4-6H,7H2,1-3H3,(H,15,21)(H,16,18)(H,19,20). The summed E-state index contributed by atoms with van der Waals surface area (Å²) in [5.74, 6) is -1.50. The van der Waals surface area contributed by atoms with Gasteiger partial charge in [0.15, 0.2) is 0 Å². The van der Waals surface area contributed by atoms with Crippen LogP contribution in [0.15, 0.2) is 23.0 Å². The Kier molecular flexibility index (Phi) is 3.59. The van der Waals surface area contributed by atoms with Crippen LogP contribution >= 0.6 is 0 Å². The Labute approximate surface area is 120 Å². The number of carbonyl (C=O) groups is 2. The Morgan fingerprint density at radius 2 is 2.00 bits per heavy atom. The Hall–Kier alpha value is -2.57. The zero-order valence-corrected chi connectivity index (χ0v) is 12.1. The second-order valence-corrected chi connectivity index (χ2v) is 5.82. The van der Waals surface area contributed by atoms with E-state index in [9.17, 15) is 19.5 Å². The summed E-state index contributed by atoms with van der Waals surface area (Å²) >= 11 is 0. The molecule has 7 nitrogen and oxygen atoms in total. The van der Waals surface area contributed by atoms with E-state index in [1.54, 1.807) is 12.1 Å². The number of carbonyl (C=O) groups excluding carboxylic acids is 1. The van der Waals surface area contributed by atoms with E-state index in [1.807, 2.05) is 20.8 Å². The van der Waals surface area contributed by atoms with Crippen molar-refractivity contribution in [2.24, 2.45) is 0 Å². The van der Waals surface area contributed by atoms with Gasteiger partial charge in [0.1, 0.15) is 6.54 Å².